The zero-order valence-electron chi connectivity index (χ0n) is 14.7. The van der Waals surface area contributed by atoms with Crippen LogP contribution < -0.4 is 5.56 Å². The molecule has 0 atom stereocenters. The van der Waals surface area contributed by atoms with Crippen molar-refractivity contribution in [2.45, 2.75) is 32.3 Å². The van der Waals surface area contributed by atoms with Gasteiger partial charge in [-0.3, -0.25) is 14.2 Å². The molecule has 1 N–H and O–H groups in total. The Kier molecular flexibility index (Phi) is 6.64. The van der Waals surface area contributed by atoms with Crippen molar-refractivity contribution in [2.24, 2.45) is 0 Å². The predicted molar refractivity (Wildman–Crippen MR) is 99.5 cm³/mol. The van der Waals surface area contributed by atoms with Crippen LogP contribution in [0.5, 0.6) is 5.88 Å². The highest BCUT2D eigenvalue weighted by Gasteiger charge is 2.18. The predicted octanol–water partition coefficient (Wildman–Crippen LogP) is 2.46. The normalized spacial score (nSPS) is 10.7. The fraction of sp³-hybridized carbons (Fsp3) is 0.389. The Labute approximate surface area is 151 Å². The third-order valence-electron chi connectivity index (χ3n) is 3.93. The van der Waals surface area contributed by atoms with Gasteiger partial charge in [-0.1, -0.05) is 36.9 Å². The van der Waals surface area contributed by atoms with Gasteiger partial charge in [0.1, 0.15) is 0 Å². The van der Waals surface area contributed by atoms with Crippen LogP contribution in [-0.2, 0) is 11.2 Å². The van der Waals surface area contributed by atoms with Gasteiger partial charge in [-0.15, -0.1) is 0 Å². The van der Waals surface area contributed by atoms with E-state index in [1.165, 1.54) is 4.57 Å². The Bertz CT molecular complexity index is 786. The molecule has 0 aliphatic rings. The number of carbonyl (C=O) groups excluding carboxylic acids is 1. The molecule has 2 aromatic rings. The standard InChI is InChI=1S/C18H23N3O3S/c1-4-14-16(23)19-18(25-12-15(22)20(5-2)6-3)21(17(14)24)13-10-8-7-9-11-13/h7-11,23H,4-6,12H2,1-3H3. The molecule has 0 saturated carbocycles. The highest BCUT2D eigenvalue weighted by Crippen LogP contribution is 2.23. The van der Waals surface area contributed by atoms with E-state index in [-0.39, 0.29) is 28.7 Å². The Balaban J connectivity index is 2.43. The van der Waals surface area contributed by atoms with E-state index < -0.39 is 0 Å². The van der Waals surface area contributed by atoms with Gasteiger partial charge in [-0.25, -0.2) is 0 Å². The number of nitrogens with zero attached hydrogens (tertiary/aromatic N) is 3. The van der Waals surface area contributed by atoms with Crippen molar-refractivity contribution in [1.82, 2.24) is 14.5 Å². The number of aromatic nitrogens is 2. The van der Waals surface area contributed by atoms with Gasteiger partial charge in [0.25, 0.3) is 5.56 Å². The van der Waals surface area contributed by atoms with E-state index in [9.17, 15) is 14.7 Å². The minimum atomic E-state index is -0.306. The van der Waals surface area contributed by atoms with Gasteiger partial charge < -0.3 is 10.0 Å². The number of hydrogen-bond acceptors (Lipinski definition) is 5. The van der Waals surface area contributed by atoms with Crippen LogP contribution in [0.3, 0.4) is 0 Å². The van der Waals surface area contributed by atoms with Crippen molar-refractivity contribution in [1.29, 1.82) is 0 Å². The summed E-state index contributed by atoms with van der Waals surface area (Å²) < 4.78 is 1.46. The van der Waals surface area contributed by atoms with Crippen LogP contribution in [0, 0.1) is 0 Å². The molecule has 0 unspecified atom stereocenters. The number of amides is 1. The molecule has 2 rings (SSSR count). The molecule has 0 fully saturated rings. The van der Waals surface area contributed by atoms with Crippen LogP contribution >= 0.6 is 11.8 Å². The maximum Gasteiger partial charge on any atom is 0.265 e. The Hall–Kier alpha value is -2.28. The second-order valence-corrected chi connectivity index (χ2v) is 6.32. The van der Waals surface area contributed by atoms with Gasteiger partial charge in [0.2, 0.25) is 11.8 Å². The summed E-state index contributed by atoms with van der Waals surface area (Å²) in [5.41, 5.74) is 0.620. The zero-order chi connectivity index (χ0) is 18.4. The average Bonchev–Trinajstić information content (AvgIpc) is 2.62. The second kappa shape index (κ2) is 8.71. The van der Waals surface area contributed by atoms with Crippen molar-refractivity contribution >= 4 is 17.7 Å². The topological polar surface area (TPSA) is 75.4 Å². The van der Waals surface area contributed by atoms with Gasteiger partial charge in [0.15, 0.2) is 5.16 Å². The first-order valence-electron chi connectivity index (χ1n) is 8.34. The van der Waals surface area contributed by atoms with Gasteiger partial charge in [-0.05, 0) is 32.4 Å². The minimum absolute atomic E-state index is 0.0251. The van der Waals surface area contributed by atoms with E-state index in [1.54, 1.807) is 24.0 Å². The van der Waals surface area contributed by atoms with Crippen LogP contribution in [-0.4, -0.2) is 44.3 Å². The van der Waals surface area contributed by atoms with E-state index >= 15 is 0 Å². The van der Waals surface area contributed by atoms with Crippen LogP contribution in [0.15, 0.2) is 40.3 Å². The molecule has 134 valence electrons. The molecule has 1 aromatic heterocycles. The molecule has 0 spiro atoms. The van der Waals surface area contributed by atoms with Crippen LogP contribution in [0.25, 0.3) is 5.69 Å². The summed E-state index contributed by atoms with van der Waals surface area (Å²) in [7, 11) is 0. The SMILES string of the molecule is CCc1c(O)nc(SCC(=O)N(CC)CC)n(-c2ccccc2)c1=O. The highest BCUT2D eigenvalue weighted by atomic mass is 32.2. The number of benzene rings is 1. The van der Waals surface area contributed by atoms with Gasteiger partial charge in [-0.2, -0.15) is 4.98 Å². The summed E-state index contributed by atoms with van der Waals surface area (Å²) >= 11 is 1.16. The highest BCUT2D eigenvalue weighted by molar-refractivity contribution is 7.99. The van der Waals surface area contributed by atoms with Crippen LogP contribution in [0.2, 0.25) is 0 Å². The number of carbonyl (C=O) groups is 1. The summed E-state index contributed by atoms with van der Waals surface area (Å²) in [6, 6.07) is 9.12. The smallest absolute Gasteiger partial charge is 0.265 e. The summed E-state index contributed by atoms with van der Waals surface area (Å²) in [6.45, 7) is 6.91. The van der Waals surface area contributed by atoms with E-state index in [1.807, 2.05) is 32.0 Å². The molecule has 0 radical (unpaired) electrons. The molecule has 1 amide bonds. The first-order chi connectivity index (χ1) is 12.0. The average molecular weight is 361 g/mol. The maximum atomic E-state index is 12.8. The lowest BCUT2D eigenvalue weighted by atomic mass is 10.2. The summed E-state index contributed by atoms with van der Waals surface area (Å²) in [4.78, 5) is 30.9. The fourth-order valence-electron chi connectivity index (χ4n) is 2.53. The Morgan fingerprint density at radius 3 is 2.40 bits per heavy atom. The molecule has 25 heavy (non-hydrogen) atoms. The Morgan fingerprint density at radius 2 is 1.84 bits per heavy atom. The molecular formula is C18H23N3O3S. The largest absolute Gasteiger partial charge is 0.493 e. The van der Waals surface area contributed by atoms with Gasteiger partial charge >= 0.3 is 0 Å². The first-order valence-corrected chi connectivity index (χ1v) is 9.32. The van der Waals surface area contributed by atoms with E-state index in [0.29, 0.717) is 30.4 Å². The number of para-hydroxylation sites is 1. The molecule has 1 heterocycles. The second-order valence-electron chi connectivity index (χ2n) is 5.38. The van der Waals surface area contributed by atoms with Crippen molar-refractivity contribution in [3.8, 4) is 11.6 Å². The van der Waals surface area contributed by atoms with Crippen molar-refractivity contribution in [3.63, 3.8) is 0 Å². The minimum Gasteiger partial charge on any atom is -0.493 e. The fourth-order valence-corrected chi connectivity index (χ4v) is 3.43. The monoisotopic (exact) mass is 361 g/mol. The lowest BCUT2D eigenvalue weighted by Gasteiger charge is -2.19. The summed E-state index contributed by atoms with van der Waals surface area (Å²) in [5.74, 6) is -0.133. The molecule has 7 heteroatoms. The molecule has 0 aliphatic heterocycles. The van der Waals surface area contributed by atoms with Crippen molar-refractivity contribution in [3.05, 3.63) is 46.2 Å². The quantitative estimate of drug-likeness (QED) is 0.606. The van der Waals surface area contributed by atoms with Crippen LogP contribution in [0.1, 0.15) is 26.3 Å². The number of hydrogen-bond donors (Lipinski definition) is 1. The lowest BCUT2D eigenvalue weighted by Crippen LogP contribution is -2.32. The maximum absolute atomic E-state index is 12.8. The summed E-state index contributed by atoms with van der Waals surface area (Å²) in [5, 5.41) is 10.4. The number of aromatic hydroxyl groups is 1. The molecule has 6 nitrogen and oxygen atoms in total. The van der Waals surface area contributed by atoms with Crippen molar-refractivity contribution < 1.29 is 9.90 Å². The molecule has 0 bridgehead atoms. The zero-order valence-corrected chi connectivity index (χ0v) is 15.5. The molecule has 0 saturated heterocycles. The van der Waals surface area contributed by atoms with E-state index in [0.717, 1.165) is 11.8 Å². The van der Waals surface area contributed by atoms with Crippen molar-refractivity contribution in [2.75, 3.05) is 18.8 Å². The van der Waals surface area contributed by atoms with Crippen LogP contribution in [0.4, 0.5) is 0 Å². The Morgan fingerprint density at radius 1 is 1.20 bits per heavy atom. The summed E-state index contributed by atoms with van der Waals surface area (Å²) in [6.07, 6.45) is 0.383. The third kappa shape index (κ3) is 4.22. The van der Waals surface area contributed by atoms with Gasteiger partial charge in [0, 0.05) is 13.1 Å². The lowest BCUT2D eigenvalue weighted by molar-refractivity contribution is -0.127. The number of rotatable bonds is 7. The van der Waals surface area contributed by atoms with E-state index in [2.05, 4.69) is 4.98 Å². The molecule has 1 aromatic carbocycles. The number of thioether (sulfide) groups is 1. The van der Waals surface area contributed by atoms with Gasteiger partial charge in [0.05, 0.1) is 17.0 Å². The molecular weight excluding hydrogens is 338 g/mol. The third-order valence-corrected chi connectivity index (χ3v) is 4.86. The first kappa shape index (κ1) is 19.1. The molecule has 0 aliphatic carbocycles. The van der Waals surface area contributed by atoms with E-state index in [4.69, 9.17) is 0 Å².